The summed E-state index contributed by atoms with van der Waals surface area (Å²) < 4.78 is 9.91. The fourth-order valence-electron chi connectivity index (χ4n) is 1.50. The van der Waals surface area contributed by atoms with E-state index in [4.69, 9.17) is 9.47 Å². The Morgan fingerprint density at radius 1 is 1.60 bits per heavy atom. The summed E-state index contributed by atoms with van der Waals surface area (Å²) in [5, 5.41) is 0. The normalized spacial score (nSPS) is 20.8. The summed E-state index contributed by atoms with van der Waals surface area (Å²) in [7, 11) is 1.59. The number of rotatable bonds is 3. The number of esters is 1. The van der Waals surface area contributed by atoms with Crippen molar-refractivity contribution < 1.29 is 48.6 Å². The van der Waals surface area contributed by atoms with Crippen molar-refractivity contribution in [1.82, 2.24) is 0 Å². The number of ether oxygens (including phenoxy) is 2. The standard InChI is InChI=1S/C10H15O4.Na/c1-3-14-10(12)8-6-7(13-2)4-5-9(8)11;/h7H,3-6H2,1-2H3;/q-1;+1. The SMILES string of the molecule is CCOC(=O)[C-]1CC(OC)CCC1=O.[Na+]. The Morgan fingerprint density at radius 2 is 2.27 bits per heavy atom. The zero-order valence-electron chi connectivity index (χ0n) is 9.54. The maximum atomic E-state index is 11.4. The summed E-state index contributed by atoms with van der Waals surface area (Å²) in [5.41, 5.74) is 0. The molecule has 1 fully saturated rings. The van der Waals surface area contributed by atoms with Crippen molar-refractivity contribution in [2.75, 3.05) is 13.7 Å². The minimum absolute atomic E-state index is 0. The van der Waals surface area contributed by atoms with Gasteiger partial charge < -0.3 is 14.3 Å². The Bertz CT molecular complexity index is 229. The van der Waals surface area contributed by atoms with Crippen LogP contribution in [0.25, 0.3) is 0 Å². The predicted molar refractivity (Wildman–Crippen MR) is 49.5 cm³/mol. The predicted octanol–water partition coefficient (Wildman–Crippen LogP) is -2.10. The Kier molecular flexibility index (Phi) is 7.26. The average Bonchev–Trinajstić information content (AvgIpc) is 2.19. The minimum atomic E-state index is -0.487. The molecule has 0 saturated heterocycles. The van der Waals surface area contributed by atoms with Crippen LogP contribution in [0, 0.1) is 5.92 Å². The topological polar surface area (TPSA) is 52.6 Å². The molecule has 0 aromatic heterocycles. The molecule has 1 unspecified atom stereocenters. The Balaban J connectivity index is 0.00000196. The molecule has 0 spiro atoms. The molecule has 15 heavy (non-hydrogen) atoms. The van der Waals surface area contributed by atoms with Crippen molar-refractivity contribution in [3.05, 3.63) is 5.92 Å². The number of Topliss-reactive ketones (excluding diaryl/α,β-unsaturated/α-hetero) is 1. The summed E-state index contributed by atoms with van der Waals surface area (Å²) in [6.45, 7) is 2.02. The summed E-state index contributed by atoms with van der Waals surface area (Å²) in [5.74, 6) is -0.332. The van der Waals surface area contributed by atoms with Crippen molar-refractivity contribution in [3.8, 4) is 0 Å². The third-order valence-electron chi connectivity index (χ3n) is 2.32. The Morgan fingerprint density at radius 3 is 2.80 bits per heavy atom. The first-order valence-electron chi connectivity index (χ1n) is 4.78. The molecule has 0 aromatic carbocycles. The molecule has 0 amide bonds. The van der Waals surface area contributed by atoms with E-state index in [9.17, 15) is 9.59 Å². The smallest absolute Gasteiger partial charge is 0.488 e. The molecular weight excluding hydrogens is 207 g/mol. The minimum Gasteiger partial charge on any atom is -0.488 e. The molecule has 0 heterocycles. The second kappa shape index (κ2) is 7.28. The van der Waals surface area contributed by atoms with Crippen LogP contribution in [0.3, 0.4) is 0 Å². The molecule has 0 aliphatic heterocycles. The second-order valence-corrected chi connectivity index (χ2v) is 3.22. The third-order valence-corrected chi connectivity index (χ3v) is 2.32. The summed E-state index contributed by atoms with van der Waals surface area (Å²) in [6, 6.07) is 0. The van der Waals surface area contributed by atoms with Gasteiger partial charge in [0.25, 0.3) is 0 Å². The molecule has 1 rings (SSSR count). The van der Waals surface area contributed by atoms with E-state index < -0.39 is 5.97 Å². The van der Waals surface area contributed by atoms with Gasteiger partial charge >= 0.3 is 29.6 Å². The van der Waals surface area contributed by atoms with Gasteiger partial charge in [-0.3, -0.25) is 4.79 Å². The van der Waals surface area contributed by atoms with E-state index in [1.54, 1.807) is 14.0 Å². The van der Waals surface area contributed by atoms with E-state index in [-0.39, 0.29) is 47.4 Å². The molecule has 1 atom stereocenters. The van der Waals surface area contributed by atoms with E-state index in [0.717, 1.165) is 0 Å². The van der Waals surface area contributed by atoms with Gasteiger partial charge in [0.15, 0.2) is 5.97 Å². The molecule has 80 valence electrons. The third kappa shape index (κ3) is 4.15. The van der Waals surface area contributed by atoms with Crippen LogP contribution in [-0.4, -0.2) is 31.6 Å². The first kappa shape index (κ1) is 15.0. The summed E-state index contributed by atoms with van der Waals surface area (Å²) in [6.07, 6.45) is 1.44. The van der Waals surface area contributed by atoms with Crippen LogP contribution in [0.1, 0.15) is 26.2 Å². The second-order valence-electron chi connectivity index (χ2n) is 3.22. The van der Waals surface area contributed by atoms with Gasteiger partial charge in [0.1, 0.15) is 0 Å². The van der Waals surface area contributed by atoms with Crippen molar-refractivity contribution in [2.45, 2.75) is 32.3 Å². The number of ketones is 1. The molecule has 1 aliphatic carbocycles. The van der Waals surface area contributed by atoms with Crippen LogP contribution >= 0.6 is 0 Å². The van der Waals surface area contributed by atoms with E-state index in [1.807, 2.05) is 0 Å². The maximum Gasteiger partial charge on any atom is 1.00 e. The molecule has 0 bridgehead atoms. The average molecular weight is 222 g/mol. The summed E-state index contributed by atoms with van der Waals surface area (Å²) >= 11 is 0. The van der Waals surface area contributed by atoms with Crippen LogP contribution in [0.2, 0.25) is 0 Å². The Hall–Kier alpha value is -0.0300. The number of hydrogen-bond acceptors (Lipinski definition) is 4. The fourth-order valence-corrected chi connectivity index (χ4v) is 1.50. The largest absolute Gasteiger partial charge is 1.00 e. The molecule has 4 nitrogen and oxygen atoms in total. The summed E-state index contributed by atoms with van der Waals surface area (Å²) in [4.78, 5) is 22.7. The number of carbonyl (C=O) groups excluding carboxylic acids is 2. The van der Waals surface area contributed by atoms with Gasteiger partial charge in [-0.25, -0.2) is 5.92 Å². The zero-order valence-corrected chi connectivity index (χ0v) is 11.5. The van der Waals surface area contributed by atoms with Crippen LogP contribution in [0.5, 0.6) is 0 Å². The maximum absolute atomic E-state index is 11.4. The van der Waals surface area contributed by atoms with Crippen LogP contribution in [-0.2, 0) is 19.1 Å². The van der Waals surface area contributed by atoms with Gasteiger partial charge in [0.05, 0.1) is 6.61 Å². The quantitative estimate of drug-likeness (QED) is 0.312. The molecule has 0 radical (unpaired) electrons. The van der Waals surface area contributed by atoms with E-state index >= 15 is 0 Å². The Labute approximate surface area is 112 Å². The van der Waals surface area contributed by atoms with Crippen molar-refractivity contribution in [1.29, 1.82) is 0 Å². The number of carbonyl (C=O) groups is 2. The van der Waals surface area contributed by atoms with Gasteiger partial charge in [-0.2, -0.15) is 0 Å². The van der Waals surface area contributed by atoms with Crippen molar-refractivity contribution >= 4 is 11.8 Å². The van der Waals surface area contributed by atoms with E-state index in [1.165, 1.54) is 0 Å². The number of methoxy groups -OCH3 is 1. The van der Waals surface area contributed by atoms with Crippen molar-refractivity contribution in [2.24, 2.45) is 0 Å². The first-order valence-corrected chi connectivity index (χ1v) is 4.78. The molecule has 1 aliphatic rings. The van der Waals surface area contributed by atoms with Gasteiger partial charge in [-0.15, -0.1) is 6.42 Å². The van der Waals surface area contributed by atoms with E-state index in [2.05, 4.69) is 0 Å². The van der Waals surface area contributed by atoms with Crippen molar-refractivity contribution in [3.63, 3.8) is 0 Å². The first-order chi connectivity index (χ1) is 6.69. The van der Waals surface area contributed by atoms with Crippen LogP contribution in [0.4, 0.5) is 0 Å². The van der Waals surface area contributed by atoms with Crippen LogP contribution in [0.15, 0.2) is 0 Å². The molecule has 5 heteroatoms. The zero-order chi connectivity index (χ0) is 10.6. The van der Waals surface area contributed by atoms with Gasteiger partial charge in [0.2, 0.25) is 0 Å². The molecule has 1 saturated carbocycles. The van der Waals surface area contributed by atoms with Gasteiger partial charge in [-0.05, 0) is 19.8 Å². The van der Waals surface area contributed by atoms with Gasteiger partial charge in [0, 0.05) is 19.0 Å². The molecular formula is C10H15NaO4. The van der Waals surface area contributed by atoms with E-state index in [0.29, 0.717) is 25.9 Å². The number of hydrogen-bond donors (Lipinski definition) is 0. The molecule has 0 N–H and O–H groups in total. The molecule has 0 aromatic rings. The van der Waals surface area contributed by atoms with Crippen LogP contribution < -0.4 is 29.6 Å². The fraction of sp³-hybridized carbons (Fsp3) is 0.700. The van der Waals surface area contributed by atoms with Gasteiger partial charge in [-0.1, -0.05) is 0 Å². The monoisotopic (exact) mass is 222 g/mol.